The summed E-state index contributed by atoms with van der Waals surface area (Å²) in [6.07, 6.45) is 3.78. The molecule has 0 saturated carbocycles. The van der Waals surface area contributed by atoms with Gasteiger partial charge in [0.2, 0.25) is 5.91 Å². The number of hydrogen-bond donors (Lipinski definition) is 2. The van der Waals surface area contributed by atoms with Crippen molar-refractivity contribution >= 4 is 36.5 Å². The van der Waals surface area contributed by atoms with Crippen LogP contribution < -0.4 is 15.5 Å². The second kappa shape index (κ2) is 10.6. The van der Waals surface area contributed by atoms with E-state index in [2.05, 4.69) is 20.5 Å². The summed E-state index contributed by atoms with van der Waals surface area (Å²) in [7, 11) is 1.87. The molecule has 5 nitrogen and oxygen atoms in total. The Morgan fingerprint density at radius 3 is 2.59 bits per heavy atom. The van der Waals surface area contributed by atoms with E-state index >= 15 is 0 Å². The number of amides is 1. The van der Waals surface area contributed by atoms with Crippen LogP contribution in [0.15, 0.2) is 24.4 Å². The molecule has 1 atom stereocenters. The molecule has 1 aliphatic rings. The highest BCUT2D eigenvalue weighted by atomic mass is 35.5. The van der Waals surface area contributed by atoms with Gasteiger partial charge in [-0.25, -0.2) is 4.98 Å². The van der Waals surface area contributed by atoms with E-state index in [1.807, 2.05) is 38.4 Å². The summed E-state index contributed by atoms with van der Waals surface area (Å²) in [5.41, 5.74) is 0. The summed E-state index contributed by atoms with van der Waals surface area (Å²) in [5.74, 6) is 1.20. The van der Waals surface area contributed by atoms with Crippen LogP contribution >= 0.6 is 24.8 Å². The molecule has 2 N–H and O–H groups in total. The minimum Gasteiger partial charge on any atom is -0.356 e. The zero-order valence-electron chi connectivity index (χ0n) is 13.1. The summed E-state index contributed by atoms with van der Waals surface area (Å²) in [6.45, 7) is 4.57. The van der Waals surface area contributed by atoms with Crippen molar-refractivity contribution in [2.75, 3.05) is 31.6 Å². The van der Waals surface area contributed by atoms with Crippen LogP contribution in [-0.2, 0) is 4.79 Å². The Morgan fingerprint density at radius 1 is 1.36 bits per heavy atom. The molecule has 2 heterocycles. The summed E-state index contributed by atoms with van der Waals surface area (Å²) in [5, 5.41) is 6.19. The number of pyridine rings is 1. The fraction of sp³-hybridized carbons (Fsp3) is 0.600. The van der Waals surface area contributed by atoms with E-state index in [0.29, 0.717) is 6.04 Å². The van der Waals surface area contributed by atoms with E-state index in [-0.39, 0.29) is 36.6 Å². The van der Waals surface area contributed by atoms with Gasteiger partial charge >= 0.3 is 0 Å². The van der Waals surface area contributed by atoms with Gasteiger partial charge in [-0.1, -0.05) is 13.0 Å². The SMILES string of the molecule is CNCC(C)C(=O)NC1CCN(c2ccccn2)CC1.Cl.Cl. The standard InChI is InChI=1S/C15H24N4O.2ClH/c1-12(11-16-2)15(20)18-13-6-9-19(10-7-13)14-5-3-4-8-17-14;;/h3-5,8,12-13,16H,6-7,9-11H2,1-2H3,(H,18,20);2*1H. The maximum atomic E-state index is 12.0. The third kappa shape index (κ3) is 5.99. The van der Waals surface area contributed by atoms with Crippen LogP contribution in [0.4, 0.5) is 5.82 Å². The molecule has 1 fully saturated rings. The molecule has 0 spiro atoms. The lowest BCUT2D eigenvalue weighted by Gasteiger charge is -2.33. The first-order chi connectivity index (χ1) is 9.70. The number of piperidine rings is 1. The van der Waals surface area contributed by atoms with Crippen molar-refractivity contribution in [3.8, 4) is 0 Å². The fourth-order valence-electron chi connectivity index (χ4n) is 2.54. The summed E-state index contributed by atoms with van der Waals surface area (Å²) in [6, 6.07) is 6.27. The van der Waals surface area contributed by atoms with Gasteiger partial charge in [-0.05, 0) is 32.0 Å². The molecule has 1 aliphatic heterocycles. The highest BCUT2D eigenvalue weighted by Gasteiger charge is 2.22. The monoisotopic (exact) mass is 348 g/mol. The van der Waals surface area contributed by atoms with E-state index in [0.717, 1.165) is 38.3 Å². The normalized spacial score (nSPS) is 16.2. The van der Waals surface area contributed by atoms with E-state index in [1.165, 1.54) is 0 Å². The predicted octanol–water partition coefficient (Wildman–Crippen LogP) is 1.87. The van der Waals surface area contributed by atoms with Crippen LogP contribution in [0.2, 0.25) is 0 Å². The highest BCUT2D eigenvalue weighted by molar-refractivity contribution is 5.85. The first-order valence-electron chi connectivity index (χ1n) is 7.31. The molecule has 1 saturated heterocycles. The Labute approximate surface area is 145 Å². The fourth-order valence-corrected chi connectivity index (χ4v) is 2.54. The van der Waals surface area contributed by atoms with Crippen LogP contribution in [-0.4, -0.2) is 43.6 Å². The van der Waals surface area contributed by atoms with Crippen molar-refractivity contribution in [3.05, 3.63) is 24.4 Å². The Kier molecular flexibility index (Phi) is 10.1. The number of carbonyl (C=O) groups excluding carboxylic acids is 1. The summed E-state index contributed by atoms with van der Waals surface area (Å²) < 4.78 is 0. The van der Waals surface area contributed by atoms with Crippen LogP contribution in [0.1, 0.15) is 19.8 Å². The first kappa shape index (κ1) is 21.0. The average molecular weight is 349 g/mol. The third-order valence-electron chi connectivity index (χ3n) is 3.77. The van der Waals surface area contributed by atoms with E-state index in [1.54, 1.807) is 0 Å². The van der Waals surface area contributed by atoms with Crippen molar-refractivity contribution in [1.29, 1.82) is 0 Å². The van der Waals surface area contributed by atoms with Crippen molar-refractivity contribution < 1.29 is 4.79 Å². The van der Waals surface area contributed by atoms with Gasteiger partial charge in [-0.2, -0.15) is 0 Å². The van der Waals surface area contributed by atoms with Gasteiger partial charge in [-0.15, -0.1) is 24.8 Å². The van der Waals surface area contributed by atoms with Crippen LogP contribution in [0.3, 0.4) is 0 Å². The number of nitrogens with one attached hydrogen (secondary N) is 2. The molecule has 1 aromatic heterocycles. The summed E-state index contributed by atoms with van der Waals surface area (Å²) >= 11 is 0. The summed E-state index contributed by atoms with van der Waals surface area (Å²) in [4.78, 5) is 18.6. The van der Waals surface area contributed by atoms with Gasteiger partial charge in [0.1, 0.15) is 5.82 Å². The Hall–Kier alpha value is -1.04. The Balaban J connectivity index is 0.00000220. The van der Waals surface area contributed by atoms with Crippen molar-refractivity contribution in [2.24, 2.45) is 5.92 Å². The first-order valence-corrected chi connectivity index (χ1v) is 7.31. The minimum atomic E-state index is 0. The number of aromatic nitrogens is 1. The Morgan fingerprint density at radius 2 is 2.05 bits per heavy atom. The quantitative estimate of drug-likeness (QED) is 0.852. The molecule has 0 bridgehead atoms. The van der Waals surface area contributed by atoms with Crippen molar-refractivity contribution in [2.45, 2.75) is 25.8 Å². The topological polar surface area (TPSA) is 57.3 Å². The third-order valence-corrected chi connectivity index (χ3v) is 3.77. The smallest absolute Gasteiger partial charge is 0.224 e. The molecular weight excluding hydrogens is 323 g/mol. The number of rotatable bonds is 5. The number of carbonyl (C=O) groups is 1. The molecule has 1 amide bonds. The number of anilines is 1. The van der Waals surface area contributed by atoms with Crippen LogP contribution in [0.25, 0.3) is 0 Å². The van der Waals surface area contributed by atoms with Gasteiger partial charge < -0.3 is 15.5 Å². The number of nitrogens with zero attached hydrogens (tertiary/aromatic N) is 2. The van der Waals surface area contributed by atoms with Gasteiger partial charge in [-0.3, -0.25) is 4.79 Å². The molecule has 1 aromatic rings. The van der Waals surface area contributed by atoms with Gasteiger partial charge in [0.15, 0.2) is 0 Å². The molecular formula is C15H26Cl2N4O. The molecule has 7 heteroatoms. The lowest BCUT2D eigenvalue weighted by molar-refractivity contribution is -0.125. The van der Waals surface area contributed by atoms with E-state index in [4.69, 9.17) is 0 Å². The Bertz CT molecular complexity index is 425. The van der Waals surface area contributed by atoms with Crippen LogP contribution in [0, 0.1) is 5.92 Å². The number of halogens is 2. The lowest BCUT2D eigenvalue weighted by Crippen LogP contribution is -2.47. The molecule has 0 aromatic carbocycles. The second-order valence-electron chi connectivity index (χ2n) is 5.42. The largest absolute Gasteiger partial charge is 0.356 e. The van der Waals surface area contributed by atoms with Gasteiger partial charge in [0, 0.05) is 37.8 Å². The number of hydrogen-bond acceptors (Lipinski definition) is 4. The maximum absolute atomic E-state index is 12.0. The molecule has 0 aliphatic carbocycles. The van der Waals surface area contributed by atoms with E-state index in [9.17, 15) is 4.79 Å². The van der Waals surface area contributed by atoms with Gasteiger partial charge in [0.05, 0.1) is 0 Å². The minimum absolute atomic E-state index is 0. The molecule has 2 rings (SSSR count). The lowest BCUT2D eigenvalue weighted by atomic mass is 10.0. The zero-order valence-corrected chi connectivity index (χ0v) is 14.8. The molecule has 0 radical (unpaired) electrons. The second-order valence-corrected chi connectivity index (χ2v) is 5.42. The predicted molar refractivity (Wildman–Crippen MR) is 95.2 cm³/mol. The maximum Gasteiger partial charge on any atom is 0.224 e. The van der Waals surface area contributed by atoms with E-state index < -0.39 is 0 Å². The highest BCUT2D eigenvalue weighted by Crippen LogP contribution is 2.17. The zero-order chi connectivity index (χ0) is 14.4. The average Bonchev–Trinajstić information content (AvgIpc) is 2.49. The molecule has 22 heavy (non-hydrogen) atoms. The van der Waals surface area contributed by atoms with Crippen molar-refractivity contribution in [1.82, 2.24) is 15.6 Å². The van der Waals surface area contributed by atoms with Crippen molar-refractivity contribution in [3.63, 3.8) is 0 Å². The molecule has 126 valence electrons. The molecule has 1 unspecified atom stereocenters. The van der Waals surface area contributed by atoms with Crippen LogP contribution in [0.5, 0.6) is 0 Å². The van der Waals surface area contributed by atoms with Gasteiger partial charge in [0.25, 0.3) is 0 Å².